The van der Waals surface area contributed by atoms with Crippen LogP contribution in [0.1, 0.15) is 43.7 Å². The Morgan fingerprint density at radius 1 is 1.48 bits per heavy atom. The zero-order valence-corrected chi connectivity index (χ0v) is 13.7. The van der Waals surface area contributed by atoms with Gasteiger partial charge in [-0.25, -0.2) is 0 Å². The molecule has 0 heterocycles. The molecule has 0 bridgehead atoms. The molecule has 0 amide bonds. The molecule has 116 valence electrons. The van der Waals surface area contributed by atoms with Gasteiger partial charge in [0.05, 0.1) is 0 Å². The fourth-order valence-corrected chi connectivity index (χ4v) is 4.59. The van der Waals surface area contributed by atoms with E-state index in [2.05, 4.69) is 36.5 Å². The van der Waals surface area contributed by atoms with Gasteiger partial charge in [0.1, 0.15) is 5.54 Å². The van der Waals surface area contributed by atoms with Crippen LogP contribution in [0.5, 0.6) is 0 Å². The fraction of sp³-hybridized carbons (Fsp3) is 0.588. The SMILES string of the molecule is CCNC1(C(=O)O)CCCC(SCc2ccccc2C)C1. The second-order valence-corrected chi connectivity index (χ2v) is 7.16. The number of aliphatic carboxylic acids is 1. The van der Waals surface area contributed by atoms with E-state index in [4.69, 9.17) is 0 Å². The highest BCUT2D eigenvalue weighted by Gasteiger charge is 2.42. The molecule has 0 spiro atoms. The Kier molecular flexibility index (Phi) is 5.71. The Labute approximate surface area is 131 Å². The van der Waals surface area contributed by atoms with Crippen molar-refractivity contribution in [2.45, 2.75) is 56.1 Å². The zero-order chi connectivity index (χ0) is 15.3. The van der Waals surface area contributed by atoms with E-state index in [9.17, 15) is 9.90 Å². The number of carboxylic acid groups (broad SMARTS) is 1. The summed E-state index contributed by atoms with van der Waals surface area (Å²) < 4.78 is 0. The normalized spacial score (nSPS) is 25.7. The lowest BCUT2D eigenvalue weighted by Crippen LogP contribution is -2.55. The molecule has 21 heavy (non-hydrogen) atoms. The second-order valence-electron chi connectivity index (χ2n) is 5.87. The first kappa shape index (κ1) is 16.4. The molecule has 0 aliphatic heterocycles. The third kappa shape index (κ3) is 4.01. The van der Waals surface area contributed by atoms with Gasteiger partial charge in [-0.3, -0.25) is 4.79 Å². The second kappa shape index (κ2) is 7.32. The van der Waals surface area contributed by atoms with Crippen LogP contribution in [0, 0.1) is 6.92 Å². The maximum Gasteiger partial charge on any atom is 0.323 e. The van der Waals surface area contributed by atoms with Gasteiger partial charge in [0, 0.05) is 11.0 Å². The molecule has 4 heteroatoms. The van der Waals surface area contributed by atoms with Crippen LogP contribution >= 0.6 is 11.8 Å². The third-order valence-electron chi connectivity index (χ3n) is 4.37. The zero-order valence-electron chi connectivity index (χ0n) is 12.9. The average molecular weight is 307 g/mol. The van der Waals surface area contributed by atoms with E-state index in [1.54, 1.807) is 0 Å². The minimum Gasteiger partial charge on any atom is -0.480 e. The first-order valence-corrected chi connectivity index (χ1v) is 8.77. The van der Waals surface area contributed by atoms with E-state index in [1.807, 2.05) is 18.7 Å². The molecule has 1 aliphatic carbocycles. The molecule has 1 aliphatic rings. The molecule has 1 aromatic rings. The van der Waals surface area contributed by atoms with Crippen molar-refractivity contribution >= 4 is 17.7 Å². The standard InChI is InChI=1S/C17H25NO2S/c1-3-18-17(16(19)20)10-6-9-15(11-17)21-12-14-8-5-4-7-13(14)2/h4-5,7-8,15,18H,3,6,9-12H2,1-2H3,(H,19,20). The number of rotatable bonds is 6. The molecule has 1 saturated carbocycles. The number of benzene rings is 1. The molecule has 1 fully saturated rings. The molecule has 0 radical (unpaired) electrons. The molecule has 2 atom stereocenters. The summed E-state index contributed by atoms with van der Waals surface area (Å²) in [5.74, 6) is 0.282. The maximum atomic E-state index is 11.7. The van der Waals surface area contributed by atoms with Gasteiger partial charge in [-0.1, -0.05) is 31.2 Å². The van der Waals surface area contributed by atoms with Crippen molar-refractivity contribution in [3.8, 4) is 0 Å². The summed E-state index contributed by atoms with van der Waals surface area (Å²) in [7, 11) is 0. The molecule has 2 N–H and O–H groups in total. The number of carboxylic acids is 1. The lowest BCUT2D eigenvalue weighted by Gasteiger charge is -2.38. The molecule has 3 nitrogen and oxygen atoms in total. The van der Waals surface area contributed by atoms with Crippen molar-refractivity contribution in [3.05, 3.63) is 35.4 Å². The number of hydrogen-bond acceptors (Lipinski definition) is 3. The maximum absolute atomic E-state index is 11.7. The van der Waals surface area contributed by atoms with Gasteiger partial charge < -0.3 is 10.4 Å². The Morgan fingerprint density at radius 3 is 2.90 bits per heavy atom. The number of nitrogens with one attached hydrogen (secondary N) is 1. The van der Waals surface area contributed by atoms with Crippen LogP contribution in [0.3, 0.4) is 0 Å². The monoisotopic (exact) mass is 307 g/mol. The van der Waals surface area contributed by atoms with Crippen LogP contribution in [0.2, 0.25) is 0 Å². The number of aryl methyl sites for hydroxylation is 1. The quantitative estimate of drug-likeness (QED) is 0.843. The van der Waals surface area contributed by atoms with Crippen LogP contribution in [0.4, 0.5) is 0 Å². The molecular formula is C17H25NO2S. The Bertz CT molecular complexity index is 487. The van der Waals surface area contributed by atoms with Gasteiger partial charge in [0.25, 0.3) is 0 Å². The van der Waals surface area contributed by atoms with Gasteiger partial charge >= 0.3 is 5.97 Å². The van der Waals surface area contributed by atoms with Crippen molar-refractivity contribution in [1.29, 1.82) is 0 Å². The highest BCUT2D eigenvalue weighted by molar-refractivity contribution is 7.99. The van der Waals surface area contributed by atoms with Crippen LogP contribution in [-0.4, -0.2) is 28.4 Å². The summed E-state index contributed by atoms with van der Waals surface area (Å²) in [6.07, 6.45) is 3.59. The molecular weight excluding hydrogens is 282 g/mol. The molecule has 0 saturated heterocycles. The van der Waals surface area contributed by atoms with E-state index in [-0.39, 0.29) is 0 Å². The first-order valence-electron chi connectivity index (χ1n) is 7.72. The molecule has 2 unspecified atom stereocenters. The first-order chi connectivity index (χ1) is 10.1. The lowest BCUT2D eigenvalue weighted by molar-refractivity contribution is -0.146. The molecule has 0 aromatic heterocycles. The van der Waals surface area contributed by atoms with E-state index >= 15 is 0 Å². The average Bonchev–Trinajstić information content (AvgIpc) is 2.47. The summed E-state index contributed by atoms with van der Waals surface area (Å²) in [4.78, 5) is 11.7. The molecule has 2 rings (SSSR count). The van der Waals surface area contributed by atoms with Gasteiger partial charge in [-0.05, 0) is 50.3 Å². The minimum atomic E-state index is -0.712. The summed E-state index contributed by atoms with van der Waals surface area (Å²) >= 11 is 1.91. The van der Waals surface area contributed by atoms with E-state index in [0.717, 1.165) is 31.4 Å². The fourth-order valence-electron chi connectivity index (χ4n) is 3.12. The van der Waals surface area contributed by atoms with Crippen molar-refractivity contribution in [2.75, 3.05) is 6.54 Å². The number of thioether (sulfide) groups is 1. The van der Waals surface area contributed by atoms with Gasteiger partial charge in [0.15, 0.2) is 0 Å². The van der Waals surface area contributed by atoms with Crippen LogP contribution in [0.15, 0.2) is 24.3 Å². The smallest absolute Gasteiger partial charge is 0.323 e. The Hall–Kier alpha value is -1.00. The number of hydrogen-bond donors (Lipinski definition) is 2. The largest absolute Gasteiger partial charge is 0.480 e. The van der Waals surface area contributed by atoms with Gasteiger partial charge in [-0.15, -0.1) is 0 Å². The summed E-state index contributed by atoms with van der Waals surface area (Å²) in [5.41, 5.74) is 1.96. The summed E-state index contributed by atoms with van der Waals surface area (Å²) in [6, 6.07) is 8.44. The van der Waals surface area contributed by atoms with E-state index < -0.39 is 11.5 Å². The predicted octanol–water partition coefficient (Wildman–Crippen LogP) is 3.60. The summed E-state index contributed by atoms with van der Waals surface area (Å²) in [5, 5.41) is 13.2. The van der Waals surface area contributed by atoms with Crippen molar-refractivity contribution in [3.63, 3.8) is 0 Å². The topological polar surface area (TPSA) is 49.3 Å². The van der Waals surface area contributed by atoms with Crippen LogP contribution in [-0.2, 0) is 10.5 Å². The van der Waals surface area contributed by atoms with Gasteiger partial charge in [0.2, 0.25) is 0 Å². The summed E-state index contributed by atoms with van der Waals surface area (Å²) in [6.45, 7) is 4.83. The van der Waals surface area contributed by atoms with Gasteiger partial charge in [-0.2, -0.15) is 11.8 Å². The number of likely N-dealkylation sites (N-methyl/N-ethyl adjacent to an activating group) is 1. The highest BCUT2D eigenvalue weighted by atomic mass is 32.2. The Balaban J connectivity index is 1.98. The lowest BCUT2D eigenvalue weighted by atomic mass is 9.81. The van der Waals surface area contributed by atoms with Crippen molar-refractivity contribution in [2.24, 2.45) is 0 Å². The van der Waals surface area contributed by atoms with Crippen molar-refractivity contribution in [1.82, 2.24) is 5.32 Å². The van der Waals surface area contributed by atoms with Crippen molar-refractivity contribution < 1.29 is 9.90 Å². The molecule has 1 aromatic carbocycles. The predicted molar refractivity (Wildman–Crippen MR) is 88.8 cm³/mol. The van der Waals surface area contributed by atoms with Crippen LogP contribution < -0.4 is 5.32 Å². The highest BCUT2D eigenvalue weighted by Crippen LogP contribution is 2.36. The minimum absolute atomic E-state index is 0.425. The number of carbonyl (C=O) groups is 1. The van der Waals surface area contributed by atoms with E-state index in [1.165, 1.54) is 11.1 Å². The van der Waals surface area contributed by atoms with Crippen LogP contribution in [0.25, 0.3) is 0 Å². The van der Waals surface area contributed by atoms with E-state index in [0.29, 0.717) is 11.8 Å². The third-order valence-corrected chi connectivity index (χ3v) is 5.72. The Morgan fingerprint density at radius 2 is 2.24 bits per heavy atom.